The molecule has 0 spiro atoms. The lowest BCUT2D eigenvalue weighted by atomic mass is 10.2. The molecule has 0 aromatic heterocycles. The zero-order valence-corrected chi connectivity index (χ0v) is 16.4. The minimum absolute atomic E-state index is 0.0672. The third-order valence-corrected chi connectivity index (χ3v) is 5.63. The first-order valence-corrected chi connectivity index (χ1v) is 9.38. The van der Waals surface area contributed by atoms with Crippen molar-refractivity contribution < 1.29 is 27.4 Å². The van der Waals surface area contributed by atoms with E-state index in [1.807, 2.05) is 0 Å². The second-order valence-electron chi connectivity index (χ2n) is 5.55. The highest BCUT2D eigenvalue weighted by Crippen LogP contribution is 2.29. The van der Waals surface area contributed by atoms with Gasteiger partial charge in [-0.3, -0.25) is 4.79 Å². The Kier molecular flexibility index (Phi) is 6.65. The summed E-state index contributed by atoms with van der Waals surface area (Å²) in [6, 6.07) is 10.9. The minimum atomic E-state index is -3.82. The van der Waals surface area contributed by atoms with E-state index >= 15 is 0 Å². The molecule has 0 aliphatic rings. The van der Waals surface area contributed by atoms with E-state index in [-0.39, 0.29) is 11.4 Å². The van der Waals surface area contributed by atoms with E-state index in [1.165, 1.54) is 40.5 Å². The largest absolute Gasteiger partial charge is 0.497 e. The Morgan fingerprint density at radius 2 is 1.56 bits per heavy atom. The highest BCUT2D eigenvalue weighted by atomic mass is 32.2. The van der Waals surface area contributed by atoms with E-state index in [1.54, 1.807) is 30.3 Å². The zero-order valence-electron chi connectivity index (χ0n) is 15.6. The van der Waals surface area contributed by atoms with Gasteiger partial charge in [-0.1, -0.05) is 0 Å². The number of nitrogens with zero attached hydrogens (tertiary/aromatic N) is 1. The molecule has 0 atom stereocenters. The van der Waals surface area contributed by atoms with Crippen molar-refractivity contribution in [1.82, 2.24) is 4.31 Å². The van der Waals surface area contributed by atoms with Crippen LogP contribution in [0.5, 0.6) is 17.2 Å². The van der Waals surface area contributed by atoms with Crippen LogP contribution in [0.3, 0.4) is 0 Å². The number of likely N-dealkylation sites (N-methyl/N-ethyl adjacent to an activating group) is 1. The minimum Gasteiger partial charge on any atom is -0.497 e. The fourth-order valence-electron chi connectivity index (χ4n) is 2.32. The molecular formula is C18H22N2O6S. The summed E-state index contributed by atoms with van der Waals surface area (Å²) >= 11 is 0. The van der Waals surface area contributed by atoms with E-state index in [4.69, 9.17) is 14.2 Å². The van der Waals surface area contributed by atoms with Crippen LogP contribution in [-0.2, 0) is 14.8 Å². The van der Waals surface area contributed by atoms with E-state index in [9.17, 15) is 13.2 Å². The lowest BCUT2D eigenvalue weighted by Gasteiger charge is -2.18. The molecule has 2 rings (SSSR count). The molecule has 0 heterocycles. The number of benzene rings is 2. The molecule has 0 unspecified atom stereocenters. The van der Waals surface area contributed by atoms with Gasteiger partial charge in [0.25, 0.3) is 0 Å². The number of ether oxygens (including phenoxy) is 3. The SMILES string of the molecule is COc1ccc(S(=O)(=O)N(C)CC(=O)Nc2cc(OC)ccc2OC)cc1. The van der Waals surface area contributed by atoms with Gasteiger partial charge in [0.1, 0.15) is 17.2 Å². The van der Waals surface area contributed by atoms with Gasteiger partial charge in [-0.05, 0) is 36.4 Å². The van der Waals surface area contributed by atoms with Crippen LogP contribution in [0.25, 0.3) is 0 Å². The van der Waals surface area contributed by atoms with Gasteiger partial charge < -0.3 is 19.5 Å². The van der Waals surface area contributed by atoms with Crippen molar-refractivity contribution in [3.05, 3.63) is 42.5 Å². The molecule has 0 fully saturated rings. The summed E-state index contributed by atoms with van der Waals surface area (Å²) in [6.07, 6.45) is 0. The number of sulfonamides is 1. The maximum absolute atomic E-state index is 12.6. The molecule has 2 aromatic rings. The molecule has 146 valence electrons. The maximum Gasteiger partial charge on any atom is 0.243 e. The van der Waals surface area contributed by atoms with Gasteiger partial charge in [0, 0.05) is 13.1 Å². The first-order valence-electron chi connectivity index (χ1n) is 7.94. The molecule has 0 radical (unpaired) electrons. The van der Waals surface area contributed by atoms with E-state index in [0.717, 1.165) is 4.31 Å². The van der Waals surface area contributed by atoms with E-state index in [2.05, 4.69) is 5.32 Å². The van der Waals surface area contributed by atoms with Crippen molar-refractivity contribution in [3.63, 3.8) is 0 Å². The Morgan fingerprint density at radius 3 is 2.11 bits per heavy atom. The number of rotatable bonds is 8. The lowest BCUT2D eigenvalue weighted by molar-refractivity contribution is -0.116. The fraction of sp³-hybridized carbons (Fsp3) is 0.278. The van der Waals surface area contributed by atoms with Crippen LogP contribution in [-0.4, -0.2) is 53.6 Å². The fourth-order valence-corrected chi connectivity index (χ4v) is 3.44. The van der Waals surface area contributed by atoms with Crippen molar-refractivity contribution in [2.24, 2.45) is 0 Å². The average Bonchev–Trinajstić information content (AvgIpc) is 2.67. The molecule has 0 bridgehead atoms. The molecule has 1 N–H and O–H groups in total. The molecule has 8 nitrogen and oxygen atoms in total. The molecule has 27 heavy (non-hydrogen) atoms. The Balaban J connectivity index is 2.12. The highest BCUT2D eigenvalue weighted by Gasteiger charge is 2.23. The number of amides is 1. The van der Waals surface area contributed by atoms with E-state index < -0.39 is 15.9 Å². The number of hydrogen-bond donors (Lipinski definition) is 1. The number of carbonyl (C=O) groups is 1. The van der Waals surface area contributed by atoms with Crippen molar-refractivity contribution in [2.45, 2.75) is 4.90 Å². The van der Waals surface area contributed by atoms with Gasteiger partial charge in [-0.2, -0.15) is 4.31 Å². The highest BCUT2D eigenvalue weighted by molar-refractivity contribution is 7.89. The topological polar surface area (TPSA) is 94.2 Å². The van der Waals surface area contributed by atoms with Gasteiger partial charge in [-0.15, -0.1) is 0 Å². The summed E-state index contributed by atoms with van der Waals surface area (Å²) in [6.45, 7) is -0.366. The van der Waals surface area contributed by atoms with Crippen LogP contribution in [0.2, 0.25) is 0 Å². The predicted molar refractivity (Wildman–Crippen MR) is 101 cm³/mol. The van der Waals surface area contributed by atoms with Crippen LogP contribution in [0, 0.1) is 0 Å². The standard InChI is InChI=1S/C18H22N2O6S/c1-20(27(22,23)15-8-5-13(24-2)6-9-15)12-18(21)19-16-11-14(25-3)7-10-17(16)26-4/h5-11H,12H2,1-4H3,(H,19,21). The number of carbonyl (C=O) groups excluding carboxylic acids is 1. The number of nitrogens with one attached hydrogen (secondary N) is 1. The smallest absolute Gasteiger partial charge is 0.243 e. The summed E-state index contributed by atoms with van der Waals surface area (Å²) in [4.78, 5) is 12.4. The van der Waals surface area contributed by atoms with Crippen LogP contribution in [0.1, 0.15) is 0 Å². The van der Waals surface area contributed by atoms with Gasteiger partial charge in [0.2, 0.25) is 15.9 Å². The molecule has 2 aromatic carbocycles. The number of methoxy groups -OCH3 is 3. The van der Waals surface area contributed by atoms with E-state index in [0.29, 0.717) is 22.9 Å². The summed E-state index contributed by atoms with van der Waals surface area (Å²) < 4.78 is 41.5. The average molecular weight is 394 g/mol. The van der Waals surface area contributed by atoms with Gasteiger partial charge >= 0.3 is 0 Å². The number of anilines is 1. The quantitative estimate of drug-likeness (QED) is 0.736. The summed E-state index contributed by atoms with van der Waals surface area (Å²) in [5, 5.41) is 2.64. The van der Waals surface area contributed by atoms with Crippen molar-refractivity contribution >= 4 is 21.6 Å². The summed E-state index contributed by atoms with van der Waals surface area (Å²) in [7, 11) is 1.98. The second-order valence-corrected chi connectivity index (χ2v) is 7.60. The monoisotopic (exact) mass is 394 g/mol. The Hall–Kier alpha value is -2.78. The van der Waals surface area contributed by atoms with Crippen LogP contribution in [0.4, 0.5) is 5.69 Å². The molecule has 1 amide bonds. The van der Waals surface area contributed by atoms with Crippen molar-refractivity contribution in [1.29, 1.82) is 0 Å². The van der Waals surface area contributed by atoms with Crippen LogP contribution in [0.15, 0.2) is 47.4 Å². The van der Waals surface area contributed by atoms with Crippen LogP contribution >= 0.6 is 0 Å². The molecule has 9 heteroatoms. The Morgan fingerprint density at radius 1 is 0.963 bits per heavy atom. The molecule has 0 saturated carbocycles. The third-order valence-electron chi connectivity index (χ3n) is 3.81. The summed E-state index contributed by atoms with van der Waals surface area (Å²) in [5.74, 6) is 0.996. The van der Waals surface area contributed by atoms with Gasteiger partial charge in [0.15, 0.2) is 0 Å². The number of hydrogen-bond acceptors (Lipinski definition) is 6. The molecule has 0 aliphatic carbocycles. The van der Waals surface area contributed by atoms with Gasteiger partial charge in [0.05, 0.1) is 38.5 Å². The van der Waals surface area contributed by atoms with Crippen LogP contribution < -0.4 is 19.5 Å². The zero-order chi connectivity index (χ0) is 20.0. The van der Waals surface area contributed by atoms with Gasteiger partial charge in [-0.25, -0.2) is 8.42 Å². The van der Waals surface area contributed by atoms with Crippen molar-refractivity contribution in [3.8, 4) is 17.2 Å². The molecule has 0 aliphatic heterocycles. The lowest BCUT2D eigenvalue weighted by Crippen LogP contribution is -2.35. The third kappa shape index (κ3) is 4.89. The first kappa shape index (κ1) is 20.5. The van der Waals surface area contributed by atoms with Crippen molar-refractivity contribution in [2.75, 3.05) is 40.2 Å². The Labute approximate surface area is 158 Å². The first-order chi connectivity index (χ1) is 12.8. The molecular weight excluding hydrogens is 372 g/mol. The molecule has 0 saturated heterocycles. The second kappa shape index (κ2) is 8.74. The normalized spacial score (nSPS) is 11.1. The Bertz CT molecular complexity index is 897. The summed E-state index contributed by atoms with van der Waals surface area (Å²) in [5.41, 5.74) is 0.386. The predicted octanol–water partition coefficient (Wildman–Crippen LogP) is 1.97. The maximum atomic E-state index is 12.6.